The van der Waals surface area contributed by atoms with Crippen molar-refractivity contribution in [3.63, 3.8) is 0 Å². The summed E-state index contributed by atoms with van der Waals surface area (Å²) >= 11 is 0. The van der Waals surface area contributed by atoms with Crippen LogP contribution in [0, 0.1) is 0 Å². The Kier molecular flexibility index (Phi) is 8.32. The minimum atomic E-state index is 1.03. The Balaban J connectivity index is 4.33. The summed E-state index contributed by atoms with van der Waals surface area (Å²) in [5, 5.41) is 0. The molecule has 0 aliphatic carbocycles. The van der Waals surface area contributed by atoms with Gasteiger partial charge >= 0.3 is 0 Å². The number of allylic oxidation sites excluding steroid dienone is 5. The lowest BCUT2D eigenvalue weighted by Crippen LogP contribution is -2.20. The molecule has 0 atom stereocenters. The highest BCUT2D eigenvalue weighted by Crippen LogP contribution is 2.14. The van der Waals surface area contributed by atoms with Gasteiger partial charge in [0.2, 0.25) is 0 Å². The quantitative estimate of drug-likeness (QED) is 0.326. The Bertz CT molecular complexity index is 271. The van der Waals surface area contributed by atoms with Gasteiger partial charge in [0.1, 0.15) is 0 Å². The molecule has 0 radical (unpaired) electrons. The fourth-order valence-corrected chi connectivity index (χ4v) is 1.54. The molecule has 0 aliphatic rings. The number of unbranched alkanes of at least 4 members (excludes halogenated alkanes) is 2. The van der Waals surface area contributed by atoms with Crippen LogP contribution in [0.1, 0.15) is 40.0 Å². The Labute approximate surface area is 101 Å². The van der Waals surface area contributed by atoms with Crippen molar-refractivity contribution >= 4 is 0 Å². The normalized spacial score (nSPS) is 11.8. The number of rotatable bonds is 8. The van der Waals surface area contributed by atoms with Crippen molar-refractivity contribution in [2.45, 2.75) is 40.0 Å². The van der Waals surface area contributed by atoms with Crippen molar-refractivity contribution in [1.82, 2.24) is 4.90 Å². The smallest absolute Gasteiger partial charge is 0.0331 e. The van der Waals surface area contributed by atoms with Crippen molar-refractivity contribution in [3.8, 4) is 0 Å². The SMILES string of the molecule is C=CCCCCN(C(=C)/C=C\C)/C(C)=C/C. The zero-order valence-corrected chi connectivity index (χ0v) is 11.0. The van der Waals surface area contributed by atoms with E-state index in [0.717, 1.165) is 18.7 Å². The molecule has 0 N–H and O–H groups in total. The summed E-state index contributed by atoms with van der Waals surface area (Å²) in [4.78, 5) is 2.27. The van der Waals surface area contributed by atoms with Crippen LogP contribution in [0.2, 0.25) is 0 Å². The molecule has 1 nitrogen and oxygen atoms in total. The van der Waals surface area contributed by atoms with E-state index in [4.69, 9.17) is 0 Å². The molecule has 0 saturated carbocycles. The van der Waals surface area contributed by atoms with Gasteiger partial charge in [0.15, 0.2) is 0 Å². The van der Waals surface area contributed by atoms with Crippen molar-refractivity contribution < 1.29 is 0 Å². The largest absolute Gasteiger partial charge is 0.346 e. The molecule has 0 fully saturated rings. The lowest BCUT2D eigenvalue weighted by Gasteiger charge is -2.25. The van der Waals surface area contributed by atoms with Gasteiger partial charge in [-0.05, 0) is 46.1 Å². The highest BCUT2D eigenvalue weighted by atomic mass is 15.1. The highest BCUT2D eigenvalue weighted by molar-refractivity contribution is 5.18. The summed E-state index contributed by atoms with van der Waals surface area (Å²) in [6, 6.07) is 0. The van der Waals surface area contributed by atoms with Gasteiger partial charge in [0, 0.05) is 17.9 Å². The molecule has 16 heavy (non-hydrogen) atoms. The zero-order chi connectivity index (χ0) is 12.4. The third kappa shape index (κ3) is 5.59. The predicted octanol–water partition coefficient (Wildman–Crippen LogP) is 4.66. The van der Waals surface area contributed by atoms with Gasteiger partial charge in [-0.15, -0.1) is 6.58 Å². The van der Waals surface area contributed by atoms with E-state index in [1.54, 1.807) is 0 Å². The first-order valence-corrected chi connectivity index (χ1v) is 6.00. The van der Waals surface area contributed by atoms with Crippen molar-refractivity contribution in [1.29, 1.82) is 0 Å². The van der Waals surface area contributed by atoms with E-state index in [2.05, 4.69) is 44.1 Å². The van der Waals surface area contributed by atoms with Gasteiger partial charge in [0.05, 0.1) is 0 Å². The molecule has 0 aromatic rings. The molecule has 90 valence electrons. The van der Waals surface area contributed by atoms with Crippen LogP contribution in [0.4, 0.5) is 0 Å². The minimum absolute atomic E-state index is 1.03. The van der Waals surface area contributed by atoms with Crippen molar-refractivity contribution in [2.24, 2.45) is 0 Å². The third-order valence-corrected chi connectivity index (χ3v) is 2.59. The average Bonchev–Trinajstić information content (AvgIpc) is 2.28. The fraction of sp³-hybridized carbons (Fsp3) is 0.467. The van der Waals surface area contributed by atoms with Gasteiger partial charge in [-0.25, -0.2) is 0 Å². The van der Waals surface area contributed by atoms with E-state index in [-0.39, 0.29) is 0 Å². The topological polar surface area (TPSA) is 3.24 Å². The summed E-state index contributed by atoms with van der Waals surface area (Å²) < 4.78 is 0. The maximum Gasteiger partial charge on any atom is 0.0331 e. The zero-order valence-electron chi connectivity index (χ0n) is 11.0. The molecule has 0 saturated heterocycles. The Morgan fingerprint density at radius 2 is 1.94 bits per heavy atom. The van der Waals surface area contributed by atoms with Crippen LogP contribution in [0.15, 0.2) is 48.9 Å². The molecule has 0 spiro atoms. The summed E-state index contributed by atoms with van der Waals surface area (Å²) in [6.45, 7) is 15.1. The summed E-state index contributed by atoms with van der Waals surface area (Å²) in [7, 11) is 0. The van der Waals surface area contributed by atoms with E-state index in [1.807, 2.05) is 19.1 Å². The lowest BCUT2D eigenvalue weighted by molar-refractivity contribution is 0.424. The van der Waals surface area contributed by atoms with E-state index < -0.39 is 0 Å². The molecule has 0 aromatic heterocycles. The standard InChI is InChI=1S/C15H25N/c1-6-9-10-11-13-16(14(4)8-3)15(5)12-7-2/h6-8,12H,1,5,9-11,13H2,2-4H3/b12-7-,14-8+. The Morgan fingerprint density at radius 3 is 2.44 bits per heavy atom. The first kappa shape index (κ1) is 14.8. The molecule has 1 heteroatoms. The highest BCUT2D eigenvalue weighted by Gasteiger charge is 2.05. The van der Waals surface area contributed by atoms with Gasteiger partial charge < -0.3 is 4.90 Å². The maximum atomic E-state index is 4.09. The van der Waals surface area contributed by atoms with E-state index >= 15 is 0 Å². The van der Waals surface area contributed by atoms with Crippen LogP contribution < -0.4 is 0 Å². The third-order valence-electron chi connectivity index (χ3n) is 2.59. The van der Waals surface area contributed by atoms with Crippen LogP contribution in [-0.2, 0) is 0 Å². The Hall–Kier alpha value is -1.24. The molecule has 0 aliphatic heterocycles. The predicted molar refractivity (Wildman–Crippen MR) is 74.1 cm³/mol. The molecular formula is C15H25N. The number of nitrogens with zero attached hydrogens (tertiary/aromatic N) is 1. The van der Waals surface area contributed by atoms with E-state index in [9.17, 15) is 0 Å². The second-order valence-corrected chi connectivity index (χ2v) is 3.86. The van der Waals surface area contributed by atoms with Crippen LogP contribution in [0.3, 0.4) is 0 Å². The molecule has 0 rings (SSSR count). The fourth-order valence-electron chi connectivity index (χ4n) is 1.54. The second kappa shape index (κ2) is 9.02. The summed E-state index contributed by atoms with van der Waals surface area (Å²) in [5.41, 5.74) is 2.33. The number of hydrogen-bond donors (Lipinski definition) is 0. The minimum Gasteiger partial charge on any atom is -0.346 e. The van der Waals surface area contributed by atoms with E-state index in [0.29, 0.717) is 0 Å². The molecule has 0 heterocycles. The molecular weight excluding hydrogens is 194 g/mol. The van der Waals surface area contributed by atoms with Gasteiger partial charge in [-0.2, -0.15) is 0 Å². The lowest BCUT2D eigenvalue weighted by atomic mass is 10.2. The number of hydrogen-bond acceptors (Lipinski definition) is 1. The van der Waals surface area contributed by atoms with Gasteiger partial charge in [-0.1, -0.05) is 24.8 Å². The molecule has 0 aromatic carbocycles. The summed E-state index contributed by atoms with van der Waals surface area (Å²) in [6.07, 6.45) is 11.7. The van der Waals surface area contributed by atoms with Crippen LogP contribution in [-0.4, -0.2) is 11.4 Å². The second-order valence-electron chi connectivity index (χ2n) is 3.86. The first-order chi connectivity index (χ1) is 7.67. The van der Waals surface area contributed by atoms with Crippen molar-refractivity contribution in [3.05, 3.63) is 48.9 Å². The van der Waals surface area contributed by atoms with Gasteiger partial charge in [0.25, 0.3) is 0 Å². The monoisotopic (exact) mass is 219 g/mol. The van der Waals surface area contributed by atoms with Crippen LogP contribution in [0.5, 0.6) is 0 Å². The molecule has 0 unspecified atom stereocenters. The Morgan fingerprint density at radius 1 is 1.25 bits per heavy atom. The van der Waals surface area contributed by atoms with E-state index in [1.165, 1.54) is 18.5 Å². The van der Waals surface area contributed by atoms with Gasteiger partial charge in [-0.3, -0.25) is 0 Å². The first-order valence-electron chi connectivity index (χ1n) is 6.00. The van der Waals surface area contributed by atoms with Crippen LogP contribution >= 0.6 is 0 Å². The molecule has 0 amide bonds. The molecule has 0 bridgehead atoms. The van der Waals surface area contributed by atoms with Crippen LogP contribution in [0.25, 0.3) is 0 Å². The van der Waals surface area contributed by atoms with Crippen molar-refractivity contribution in [2.75, 3.05) is 6.54 Å². The maximum absolute atomic E-state index is 4.09. The average molecular weight is 219 g/mol. The summed E-state index contributed by atoms with van der Waals surface area (Å²) in [5.74, 6) is 0.